The molecule has 0 radical (unpaired) electrons. The third-order valence-corrected chi connectivity index (χ3v) is 6.26. The third-order valence-electron chi connectivity index (χ3n) is 4.07. The van der Waals surface area contributed by atoms with Gasteiger partial charge in [-0.3, -0.25) is 4.79 Å². The van der Waals surface area contributed by atoms with Gasteiger partial charge in [0.2, 0.25) is 0 Å². The first-order valence-corrected chi connectivity index (χ1v) is 9.54. The Bertz CT molecular complexity index is 538. The lowest BCUT2D eigenvalue weighted by Crippen LogP contribution is -2.32. The molecule has 0 atom stereocenters. The monoisotopic (exact) mass is 373 g/mol. The molecular weight excluding hydrogens is 350 g/mol. The Morgan fingerprint density at radius 1 is 1.48 bits per heavy atom. The maximum Gasteiger partial charge on any atom is 0.283 e. The van der Waals surface area contributed by atoms with Gasteiger partial charge in [0.25, 0.3) is 5.56 Å². The molecule has 0 spiro atoms. The number of nitrogens with one attached hydrogen (secondary N) is 1. The van der Waals surface area contributed by atoms with Crippen LogP contribution in [-0.4, -0.2) is 27.3 Å². The summed E-state index contributed by atoms with van der Waals surface area (Å²) in [6, 6.07) is 0. The molecule has 4 nitrogen and oxygen atoms in total. The highest BCUT2D eigenvalue weighted by Crippen LogP contribution is 2.40. The third kappa shape index (κ3) is 4.03. The molecular formula is C15H24BrN3OS. The van der Waals surface area contributed by atoms with E-state index in [1.807, 2.05) is 11.8 Å². The molecule has 1 saturated carbocycles. The number of thioether (sulfide) groups is 1. The lowest BCUT2D eigenvalue weighted by molar-refractivity contribution is 0.462. The second-order valence-corrected chi connectivity index (χ2v) is 8.27. The van der Waals surface area contributed by atoms with Gasteiger partial charge in [0.05, 0.1) is 11.9 Å². The summed E-state index contributed by atoms with van der Waals surface area (Å²) in [4.78, 5) is 12.3. The predicted octanol–water partition coefficient (Wildman–Crippen LogP) is 3.75. The number of aromatic nitrogens is 2. The minimum absolute atomic E-state index is 0.0571. The van der Waals surface area contributed by atoms with Crippen molar-refractivity contribution < 1.29 is 0 Å². The summed E-state index contributed by atoms with van der Waals surface area (Å²) in [5, 5.41) is 7.70. The smallest absolute Gasteiger partial charge is 0.283 e. The molecule has 118 valence electrons. The topological polar surface area (TPSA) is 46.9 Å². The zero-order chi connectivity index (χ0) is 15.5. The Balaban J connectivity index is 2.11. The molecule has 0 aliphatic heterocycles. The SMILES string of the molecule is CSC1(CNc2cnn(CC(C)C)c(=O)c2Br)CCCC1. The van der Waals surface area contributed by atoms with Crippen molar-refractivity contribution in [2.24, 2.45) is 5.92 Å². The fourth-order valence-corrected chi connectivity index (χ4v) is 4.15. The number of halogens is 1. The van der Waals surface area contributed by atoms with E-state index in [4.69, 9.17) is 0 Å². The van der Waals surface area contributed by atoms with E-state index in [0.717, 1.165) is 12.2 Å². The molecule has 1 aromatic rings. The van der Waals surface area contributed by atoms with Crippen molar-refractivity contribution >= 4 is 33.4 Å². The zero-order valence-electron chi connectivity index (χ0n) is 13.0. The van der Waals surface area contributed by atoms with Gasteiger partial charge in [-0.05, 0) is 40.9 Å². The highest BCUT2D eigenvalue weighted by Gasteiger charge is 2.32. The summed E-state index contributed by atoms with van der Waals surface area (Å²) in [6.45, 7) is 5.70. The number of hydrogen-bond donors (Lipinski definition) is 1. The van der Waals surface area contributed by atoms with E-state index in [1.165, 1.54) is 30.4 Å². The van der Waals surface area contributed by atoms with Crippen LogP contribution in [0.5, 0.6) is 0 Å². The van der Waals surface area contributed by atoms with Crippen LogP contribution in [0.4, 0.5) is 5.69 Å². The lowest BCUT2D eigenvalue weighted by atomic mass is 10.1. The summed E-state index contributed by atoms with van der Waals surface area (Å²) in [5.74, 6) is 0.402. The van der Waals surface area contributed by atoms with Gasteiger partial charge in [-0.25, -0.2) is 4.68 Å². The molecule has 21 heavy (non-hydrogen) atoms. The van der Waals surface area contributed by atoms with Gasteiger partial charge >= 0.3 is 0 Å². The molecule has 1 aliphatic carbocycles. The van der Waals surface area contributed by atoms with Crippen LogP contribution in [0, 0.1) is 5.92 Å². The van der Waals surface area contributed by atoms with Gasteiger partial charge in [-0.1, -0.05) is 26.7 Å². The second kappa shape index (κ2) is 7.18. The van der Waals surface area contributed by atoms with Crippen molar-refractivity contribution in [3.05, 3.63) is 21.0 Å². The molecule has 1 fully saturated rings. The Morgan fingerprint density at radius 3 is 2.71 bits per heavy atom. The second-order valence-electron chi connectivity index (χ2n) is 6.20. The molecule has 0 amide bonds. The van der Waals surface area contributed by atoms with Gasteiger partial charge in [-0.15, -0.1) is 0 Å². The van der Waals surface area contributed by atoms with Crippen LogP contribution < -0.4 is 10.9 Å². The van der Waals surface area contributed by atoms with Gasteiger partial charge in [-0.2, -0.15) is 16.9 Å². The fraction of sp³-hybridized carbons (Fsp3) is 0.733. The summed E-state index contributed by atoms with van der Waals surface area (Å²) < 4.78 is 2.43. The van der Waals surface area contributed by atoms with Crippen molar-refractivity contribution in [2.45, 2.75) is 50.8 Å². The predicted molar refractivity (Wildman–Crippen MR) is 94.2 cm³/mol. The van der Waals surface area contributed by atoms with Crippen molar-refractivity contribution in [2.75, 3.05) is 18.1 Å². The van der Waals surface area contributed by atoms with Crippen molar-refractivity contribution in [3.8, 4) is 0 Å². The van der Waals surface area contributed by atoms with Crippen LogP contribution in [0.1, 0.15) is 39.5 Å². The van der Waals surface area contributed by atoms with E-state index in [9.17, 15) is 4.79 Å². The highest BCUT2D eigenvalue weighted by atomic mass is 79.9. The largest absolute Gasteiger partial charge is 0.381 e. The molecule has 2 rings (SSSR count). The first-order valence-electron chi connectivity index (χ1n) is 7.52. The molecule has 1 N–H and O–H groups in total. The molecule has 6 heteroatoms. The molecule has 1 heterocycles. The fourth-order valence-electron chi connectivity index (χ4n) is 2.79. The number of rotatable bonds is 6. The molecule has 0 unspecified atom stereocenters. The van der Waals surface area contributed by atoms with E-state index < -0.39 is 0 Å². The summed E-state index contributed by atoms with van der Waals surface area (Å²) in [6.07, 6.45) is 9.04. The van der Waals surface area contributed by atoms with Crippen LogP contribution in [0.3, 0.4) is 0 Å². The Kier molecular flexibility index (Phi) is 5.77. The lowest BCUT2D eigenvalue weighted by Gasteiger charge is -2.27. The van der Waals surface area contributed by atoms with Crippen molar-refractivity contribution in [1.29, 1.82) is 0 Å². The quantitative estimate of drug-likeness (QED) is 0.824. The molecule has 0 aromatic carbocycles. The van der Waals surface area contributed by atoms with Gasteiger partial charge in [0.15, 0.2) is 0 Å². The van der Waals surface area contributed by atoms with Crippen LogP contribution in [0.25, 0.3) is 0 Å². The zero-order valence-corrected chi connectivity index (χ0v) is 15.4. The van der Waals surface area contributed by atoms with Gasteiger partial charge in [0, 0.05) is 17.8 Å². The first-order chi connectivity index (χ1) is 9.97. The van der Waals surface area contributed by atoms with Crippen LogP contribution in [-0.2, 0) is 6.54 Å². The minimum Gasteiger partial charge on any atom is -0.381 e. The summed E-state index contributed by atoms with van der Waals surface area (Å²) >= 11 is 5.37. The number of hydrogen-bond acceptors (Lipinski definition) is 4. The van der Waals surface area contributed by atoms with Crippen LogP contribution in [0.2, 0.25) is 0 Å². The maximum absolute atomic E-state index is 12.3. The Labute approximate surface area is 139 Å². The average Bonchev–Trinajstić information content (AvgIpc) is 2.92. The maximum atomic E-state index is 12.3. The van der Waals surface area contributed by atoms with E-state index in [-0.39, 0.29) is 5.56 Å². The molecule has 0 saturated heterocycles. The van der Waals surface area contributed by atoms with E-state index in [1.54, 1.807) is 6.20 Å². The van der Waals surface area contributed by atoms with Crippen LogP contribution in [0.15, 0.2) is 15.5 Å². The van der Waals surface area contributed by atoms with Gasteiger partial charge in [0.1, 0.15) is 4.47 Å². The molecule has 1 aliphatic rings. The van der Waals surface area contributed by atoms with Gasteiger partial charge < -0.3 is 5.32 Å². The average molecular weight is 374 g/mol. The summed E-state index contributed by atoms with van der Waals surface area (Å²) in [7, 11) is 0. The van der Waals surface area contributed by atoms with Crippen molar-refractivity contribution in [1.82, 2.24) is 9.78 Å². The molecule has 1 aromatic heterocycles. The Morgan fingerprint density at radius 2 is 2.14 bits per heavy atom. The van der Waals surface area contributed by atoms with E-state index >= 15 is 0 Å². The summed E-state index contributed by atoms with van der Waals surface area (Å²) in [5.41, 5.74) is 0.749. The molecule has 0 bridgehead atoms. The Hall–Kier alpha value is -0.490. The number of nitrogens with zero attached hydrogens (tertiary/aromatic N) is 2. The standard InChI is InChI=1S/C15H24BrN3OS/c1-11(2)9-19-14(20)13(16)12(8-18-19)17-10-15(21-3)6-4-5-7-15/h8,11,17H,4-7,9-10H2,1-3H3. The highest BCUT2D eigenvalue weighted by molar-refractivity contribution is 9.10. The number of anilines is 1. The van der Waals surface area contributed by atoms with Crippen molar-refractivity contribution in [3.63, 3.8) is 0 Å². The normalized spacial score (nSPS) is 17.4. The van der Waals surface area contributed by atoms with Crippen LogP contribution >= 0.6 is 27.7 Å². The van der Waals surface area contributed by atoms with E-state index in [2.05, 4.69) is 46.4 Å². The van der Waals surface area contributed by atoms with E-state index in [0.29, 0.717) is 21.7 Å². The minimum atomic E-state index is -0.0571. The first kappa shape index (κ1) is 16.9.